The molecule has 2 aromatic carbocycles. The molecule has 0 aromatic heterocycles. The highest BCUT2D eigenvalue weighted by atomic mass is 16.5. The highest BCUT2D eigenvalue weighted by Crippen LogP contribution is 2.37. The molecule has 5 nitrogen and oxygen atoms in total. The van der Waals surface area contributed by atoms with Crippen LogP contribution in [0.3, 0.4) is 0 Å². The summed E-state index contributed by atoms with van der Waals surface area (Å²) < 4.78 is 5.30. The highest BCUT2D eigenvalue weighted by molar-refractivity contribution is 6.05. The fourth-order valence-corrected chi connectivity index (χ4v) is 3.51. The molecule has 2 heterocycles. The fourth-order valence-electron chi connectivity index (χ4n) is 3.51. The third-order valence-electron chi connectivity index (χ3n) is 4.78. The summed E-state index contributed by atoms with van der Waals surface area (Å²) in [6.45, 7) is 1.07. The number of benzene rings is 2. The molecule has 1 N–H and O–H groups in total. The molecule has 2 aliphatic rings. The second kappa shape index (κ2) is 7.04. The summed E-state index contributed by atoms with van der Waals surface area (Å²) in [5, 5.41) is 2.91. The van der Waals surface area contributed by atoms with Crippen LogP contribution in [0.5, 0.6) is 0 Å². The van der Waals surface area contributed by atoms with Crippen molar-refractivity contribution in [2.75, 3.05) is 23.4 Å². The van der Waals surface area contributed by atoms with Crippen molar-refractivity contribution in [1.82, 2.24) is 0 Å². The molecular weight excluding hydrogens is 328 g/mol. The number of esters is 1. The molecular formula is C21H20N2O3. The van der Waals surface area contributed by atoms with E-state index in [9.17, 15) is 9.59 Å². The lowest BCUT2D eigenvalue weighted by molar-refractivity contribution is -0.117. The average Bonchev–Trinajstić information content (AvgIpc) is 3.16. The van der Waals surface area contributed by atoms with Crippen molar-refractivity contribution in [3.05, 3.63) is 65.7 Å². The van der Waals surface area contributed by atoms with Gasteiger partial charge in [-0.05, 0) is 42.7 Å². The molecule has 0 saturated carbocycles. The van der Waals surface area contributed by atoms with Gasteiger partial charge >= 0.3 is 5.97 Å². The van der Waals surface area contributed by atoms with E-state index >= 15 is 0 Å². The van der Waals surface area contributed by atoms with Gasteiger partial charge < -0.3 is 15.0 Å². The maximum absolute atomic E-state index is 12.3. The Labute approximate surface area is 152 Å². The van der Waals surface area contributed by atoms with Gasteiger partial charge in [0.25, 0.3) is 0 Å². The molecule has 0 bridgehead atoms. The summed E-state index contributed by atoms with van der Waals surface area (Å²) in [5.41, 5.74) is 3.16. The number of nitrogens with zero attached hydrogens (tertiary/aromatic N) is 1. The maximum atomic E-state index is 12.3. The Morgan fingerprint density at radius 1 is 1.23 bits per heavy atom. The van der Waals surface area contributed by atoms with Crippen LogP contribution in [0.1, 0.15) is 28.8 Å². The van der Waals surface area contributed by atoms with Crippen molar-refractivity contribution >= 4 is 29.3 Å². The maximum Gasteiger partial charge on any atom is 0.338 e. The van der Waals surface area contributed by atoms with E-state index in [1.807, 2.05) is 48.6 Å². The number of nitrogens with one attached hydrogen (secondary N) is 1. The van der Waals surface area contributed by atoms with Crippen LogP contribution < -0.4 is 10.2 Å². The van der Waals surface area contributed by atoms with Crippen LogP contribution >= 0.6 is 0 Å². The zero-order valence-corrected chi connectivity index (χ0v) is 14.4. The smallest absolute Gasteiger partial charge is 0.338 e. The summed E-state index contributed by atoms with van der Waals surface area (Å²) in [7, 11) is 0. The van der Waals surface area contributed by atoms with Crippen molar-refractivity contribution in [3.8, 4) is 0 Å². The number of rotatable bonds is 4. The zero-order valence-electron chi connectivity index (χ0n) is 14.4. The minimum Gasteiger partial charge on any atom is -0.458 e. The predicted octanol–water partition coefficient (Wildman–Crippen LogP) is 3.48. The van der Waals surface area contributed by atoms with E-state index in [4.69, 9.17) is 4.74 Å². The fraction of sp³-hybridized carbons (Fsp3) is 0.238. The lowest BCUT2D eigenvalue weighted by atomic mass is 10.1. The van der Waals surface area contributed by atoms with Crippen LogP contribution in [0.15, 0.2) is 54.6 Å². The standard InChI is InChI=1S/C21H20N2O3/c24-20-19-9-4-12-23(19)18-11-10-16(14-17(18)22-20)21(25)26-13-5-8-15-6-2-1-3-7-15/h1-3,5-8,10-11,14,19H,4,9,12-13H2,(H,22,24)/b8-5+/t19-/m1/s1. The largest absolute Gasteiger partial charge is 0.458 e. The lowest BCUT2D eigenvalue weighted by Crippen LogP contribution is -2.43. The van der Waals surface area contributed by atoms with Crippen molar-refractivity contribution in [1.29, 1.82) is 0 Å². The van der Waals surface area contributed by atoms with Crippen molar-refractivity contribution in [2.24, 2.45) is 0 Å². The number of hydrogen-bond acceptors (Lipinski definition) is 4. The average molecular weight is 348 g/mol. The number of carbonyl (C=O) groups is 2. The number of ether oxygens (including phenoxy) is 1. The van der Waals surface area contributed by atoms with Crippen LogP contribution in [0, 0.1) is 0 Å². The van der Waals surface area contributed by atoms with Crippen LogP contribution in [-0.4, -0.2) is 31.1 Å². The molecule has 2 aliphatic heterocycles. The monoisotopic (exact) mass is 348 g/mol. The first-order valence-corrected chi connectivity index (χ1v) is 8.82. The van der Waals surface area contributed by atoms with Gasteiger partial charge in [-0.1, -0.05) is 36.4 Å². The third kappa shape index (κ3) is 3.20. The second-order valence-corrected chi connectivity index (χ2v) is 6.48. The topological polar surface area (TPSA) is 58.6 Å². The normalized spacial score (nSPS) is 18.4. The van der Waals surface area contributed by atoms with Crippen LogP contribution in [0.2, 0.25) is 0 Å². The van der Waals surface area contributed by atoms with E-state index in [1.165, 1.54) is 0 Å². The van der Waals surface area contributed by atoms with Gasteiger partial charge in [-0.3, -0.25) is 4.79 Å². The Morgan fingerprint density at radius 3 is 2.92 bits per heavy atom. The first-order chi connectivity index (χ1) is 12.7. The number of hydrogen-bond donors (Lipinski definition) is 1. The molecule has 132 valence electrons. The van der Waals surface area contributed by atoms with Gasteiger partial charge in [0.1, 0.15) is 12.6 Å². The second-order valence-electron chi connectivity index (χ2n) is 6.48. The predicted molar refractivity (Wildman–Crippen MR) is 101 cm³/mol. The van der Waals surface area contributed by atoms with E-state index in [2.05, 4.69) is 10.2 Å². The molecule has 2 aromatic rings. The van der Waals surface area contributed by atoms with E-state index in [1.54, 1.807) is 12.1 Å². The van der Waals surface area contributed by atoms with E-state index < -0.39 is 5.97 Å². The van der Waals surface area contributed by atoms with Gasteiger partial charge in [-0.15, -0.1) is 0 Å². The molecule has 5 heteroatoms. The van der Waals surface area contributed by atoms with Crippen LogP contribution in [0.25, 0.3) is 6.08 Å². The van der Waals surface area contributed by atoms with E-state index in [0.717, 1.165) is 30.6 Å². The van der Waals surface area contributed by atoms with Crippen LogP contribution in [-0.2, 0) is 9.53 Å². The minimum atomic E-state index is -0.400. The molecule has 0 unspecified atom stereocenters. The van der Waals surface area contributed by atoms with E-state index in [-0.39, 0.29) is 18.6 Å². The molecule has 1 atom stereocenters. The SMILES string of the molecule is O=C(OC/C=C/c1ccccc1)c1ccc2c(c1)NC(=O)[C@H]1CCCN21. The van der Waals surface area contributed by atoms with Gasteiger partial charge in [0, 0.05) is 6.54 Å². The lowest BCUT2D eigenvalue weighted by Gasteiger charge is -2.33. The summed E-state index contributed by atoms with van der Waals surface area (Å²) in [5.74, 6) is -0.394. The molecule has 4 rings (SSSR count). The molecule has 26 heavy (non-hydrogen) atoms. The molecule has 0 aliphatic carbocycles. The Morgan fingerprint density at radius 2 is 2.08 bits per heavy atom. The Kier molecular flexibility index (Phi) is 4.44. The highest BCUT2D eigenvalue weighted by Gasteiger charge is 2.36. The van der Waals surface area contributed by atoms with Crippen molar-refractivity contribution < 1.29 is 14.3 Å². The van der Waals surface area contributed by atoms with Gasteiger partial charge in [-0.2, -0.15) is 0 Å². The Balaban J connectivity index is 1.42. The van der Waals surface area contributed by atoms with Crippen LogP contribution in [0.4, 0.5) is 11.4 Å². The number of anilines is 2. The Hall–Kier alpha value is -3.08. The molecule has 1 fully saturated rings. The van der Waals surface area contributed by atoms with Gasteiger partial charge in [0.2, 0.25) is 5.91 Å². The molecule has 1 saturated heterocycles. The summed E-state index contributed by atoms with van der Waals surface area (Å²) in [6.07, 6.45) is 5.61. The third-order valence-corrected chi connectivity index (χ3v) is 4.78. The number of amides is 1. The minimum absolute atomic E-state index is 0.00584. The van der Waals surface area contributed by atoms with Gasteiger partial charge in [0.05, 0.1) is 16.9 Å². The van der Waals surface area contributed by atoms with E-state index in [0.29, 0.717) is 11.3 Å². The first-order valence-electron chi connectivity index (χ1n) is 8.82. The first kappa shape index (κ1) is 16.4. The number of fused-ring (bicyclic) bond motifs is 3. The molecule has 0 spiro atoms. The zero-order chi connectivity index (χ0) is 17.9. The summed E-state index contributed by atoms with van der Waals surface area (Å²) in [4.78, 5) is 26.6. The number of carbonyl (C=O) groups excluding carboxylic acids is 2. The quantitative estimate of drug-likeness (QED) is 0.860. The van der Waals surface area contributed by atoms with Crippen molar-refractivity contribution in [2.45, 2.75) is 18.9 Å². The summed E-state index contributed by atoms with van der Waals surface area (Å²) in [6, 6.07) is 15.1. The van der Waals surface area contributed by atoms with Gasteiger partial charge in [-0.25, -0.2) is 4.79 Å². The van der Waals surface area contributed by atoms with Crippen molar-refractivity contribution in [3.63, 3.8) is 0 Å². The molecule has 0 radical (unpaired) electrons. The summed E-state index contributed by atoms with van der Waals surface area (Å²) >= 11 is 0. The molecule has 1 amide bonds. The van der Waals surface area contributed by atoms with Gasteiger partial charge in [0.15, 0.2) is 0 Å². The Bertz CT molecular complexity index is 861.